The minimum atomic E-state index is -0.162. The van der Waals surface area contributed by atoms with E-state index in [0.717, 1.165) is 53.5 Å². The zero-order valence-corrected chi connectivity index (χ0v) is 19.5. The Morgan fingerprint density at radius 1 is 1.16 bits per heavy atom. The second-order valence-corrected chi connectivity index (χ2v) is 9.54. The van der Waals surface area contributed by atoms with Crippen LogP contribution in [0.25, 0.3) is 10.6 Å². The molecule has 166 valence electrons. The highest BCUT2D eigenvalue weighted by molar-refractivity contribution is 7.98. The van der Waals surface area contributed by atoms with Crippen molar-refractivity contribution < 1.29 is 4.74 Å². The van der Waals surface area contributed by atoms with Crippen molar-refractivity contribution in [2.24, 2.45) is 0 Å². The van der Waals surface area contributed by atoms with Crippen LogP contribution in [0.15, 0.2) is 40.3 Å². The van der Waals surface area contributed by atoms with Crippen LogP contribution in [0.2, 0.25) is 0 Å². The molecule has 1 fully saturated rings. The number of hydrogen-bond donors (Lipinski definition) is 0. The molecule has 0 N–H and O–H groups in total. The van der Waals surface area contributed by atoms with Crippen LogP contribution in [0.3, 0.4) is 0 Å². The number of fused-ring (bicyclic) bond motifs is 1. The van der Waals surface area contributed by atoms with Crippen molar-refractivity contribution in [2.75, 3.05) is 25.1 Å². The molecule has 9 nitrogen and oxygen atoms in total. The average molecular weight is 470 g/mol. The molecule has 0 aliphatic carbocycles. The minimum absolute atomic E-state index is 0.162. The Balaban J connectivity index is 1.50. The van der Waals surface area contributed by atoms with Gasteiger partial charge in [0.1, 0.15) is 10.8 Å². The van der Waals surface area contributed by atoms with Crippen LogP contribution in [0.4, 0.5) is 5.95 Å². The lowest BCUT2D eigenvalue weighted by Crippen LogP contribution is -2.31. The standard InChI is InChI=1S/C21H23N7O2S2/c1-14-12-18(29)28-20(22-14)32-17(25-28)13-31-21-24-23-19(26-10-6-3-7-11-26)27(21)15-8-4-5-9-16(15)30-2/h4-5,8-9,12H,3,6-7,10-11,13H2,1-2H3. The van der Waals surface area contributed by atoms with Gasteiger partial charge in [-0.1, -0.05) is 35.2 Å². The Labute approximate surface area is 193 Å². The smallest absolute Gasteiger partial charge is 0.275 e. The molecule has 0 atom stereocenters. The quantitative estimate of drug-likeness (QED) is 0.397. The lowest BCUT2D eigenvalue weighted by molar-refractivity contribution is 0.412. The van der Waals surface area contributed by atoms with Gasteiger partial charge in [0, 0.05) is 24.8 Å². The number of benzene rings is 1. The van der Waals surface area contributed by atoms with Gasteiger partial charge in [0.05, 0.1) is 18.6 Å². The second kappa shape index (κ2) is 8.91. The van der Waals surface area contributed by atoms with Crippen LogP contribution in [0, 0.1) is 6.92 Å². The van der Waals surface area contributed by atoms with E-state index in [1.54, 1.807) is 7.11 Å². The van der Waals surface area contributed by atoms with E-state index in [1.807, 2.05) is 31.2 Å². The molecule has 0 radical (unpaired) electrons. The van der Waals surface area contributed by atoms with Gasteiger partial charge in [0.15, 0.2) is 5.16 Å². The SMILES string of the molecule is COc1ccccc1-n1c(SCc2nn3c(=O)cc(C)nc3s2)nnc1N1CCCCC1. The van der Waals surface area contributed by atoms with Crippen LogP contribution in [0.5, 0.6) is 5.75 Å². The number of anilines is 1. The normalized spacial score (nSPS) is 14.2. The molecule has 11 heteroatoms. The summed E-state index contributed by atoms with van der Waals surface area (Å²) in [4.78, 5) is 19.5. The lowest BCUT2D eigenvalue weighted by atomic mass is 10.1. The van der Waals surface area contributed by atoms with E-state index in [9.17, 15) is 4.79 Å². The fourth-order valence-corrected chi connectivity index (χ4v) is 5.69. The number of nitrogens with zero attached hydrogens (tertiary/aromatic N) is 7. The number of methoxy groups -OCH3 is 1. The molecule has 4 aromatic rings. The molecule has 4 heterocycles. The van der Waals surface area contributed by atoms with Crippen LogP contribution < -0.4 is 15.2 Å². The van der Waals surface area contributed by atoms with E-state index in [-0.39, 0.29) is 5.56 Å². The van der Waals surface area contributed by atoms with E-state index >= 15 is 0 Å². The summed E-state index contributed by atoms with van der Waals surface area (Å²) in [6.45, 7) is 3.74. The third-order valence-corrected chi connectivity index (χ3v) is 7.35. The molecule has 0 spiro atoms. The van der Waals surface area contributed by atoms with Crippen LogP contribution in [0.1, 0.15) is 30.0 Å². The second-order valence-electron chi connectivity index (χ2n) is 7.55. The van der Waals surface area contributed by atoms with E-state index in [2.05, 4.69) is 29.7 Å². The summed E-state index contributed by atoms with van der Waals surface area (Å²) < 4.78 is 9.06. The molecule has 1 aromatic carbocycles. The number of thioether (sulfide) groups is 1. The molecule has 32 heavy (non-hydrogen) atoms. The van der Waals surface area contributed by atoms with Crippen LogP contribution >= 0.6 is 23.1 Å². The van der Waals surface area contributed by atoms with Crippen molar-refractivity contribution in [2.45, 2.75) is 37.1 Å². The first-order chi connectivity index (χ1) is 15.6. The first-order valence-electron chi connectivity index (χ1n) is 10.5. The predicted molar refractivity (Wildman–Crippen MR) is 125 cm³/mol. The molecule has 0 amide bonds. The molecule has 5 rings (SSSR count). The van der Waals surface area contributed by atoms with E-state index in [0.29, 0.717) is 16.4 Å². The Hall–Kier alpha value is -2.92. The van der Waals surface area contributed by atoms with Crippen molar-refractivity contribution in [3.8, 4) is 11.4 Å². The first kappa shape index (κ1) is 21.0. The van der Waals surface area contributed by atoms with Gasteiger partial charge in [-0.2, -0.15) is 9.61 Å². The Bertz CT molecular complexity index is 1310. The van der Waals surface area contributed by atoms with Crippen molar-refractivity contribution >= 4 is 34.0 Å². The maximum absolute atomic E-state index is 12.2. The summed E-state index contributed by atoms with van der Waals surface area (Å²) in [6, 6.07) is 9.39. The van der Waals surface area contributed by atoms with Gasteiger partial charge in [0.2, 0.25) is 10.9 Å². The summed E-state index contributed by atoms with van der Waals surface area (Å²) in [5, 5.41) is 15.1. The van der Waals surface area contributed by atoms with Gasteiger partial charge >= 0.3 is 0 Å². The largest absolute Gasteiger partial charge is 0.495 e. The fourth-order valence-electron chi connectivity index (χ4n) is 3.82. The van der Waals surface area contributed by atoms with Gasteiger partial charge in [-0.05, 0) is 38.3 Å². The van der Waals surface area contributed by atoms with Crippen molar-refractivity contribution in [3.63, 3.8) is 0 Å². The monoisotopic (exact) mass is 469 g/mol. The van der Waals surface area contributed by atoms with E-state index in [4.69, 9.17) is 4.74 Å². The first-order valence-corrected chi connectivity index (χ1v) is 12.3. The molecule has 1 aliphatic rings. The summed E-state index contributed by atoms with van der Waals surface area (Å²) in [6.07, 6.45) is 3.54. The predicted octanol–water partition coefficient (Wildman–Crippen LogP) is 3.33. The summed E-state index contributed by atoms with van der Waals surface area (Å²) in [5.41, 5.74) is 1.44. The molecule has 0 unspecified atom stereocenters. The highest BCUT2D eigenvalue weighted by Gasteiger charge is 2.23. The van der Waals surface area contributed by atoms with Gasteiger partial charge in [-0.25, -0.2) is 4.98 Å². The summed E-state index contributed by atoms with van der Waals surface area (Å²) in [5.74, 6) is 2.15. The Morgan fingerprint density at radius 2 is 1.97 bits per heavy atom. The molecule has 1 saturated heterocycles. The maximum atomic E-state index is 12.2. The summed E-state index contributed by atoms with van der Waals surface area (Å²) in [7, 11) is 1.67. The van der Waals surface area contributed by atoms with Gasteiger partial charge in [-0.3, -0.25) is 9.36 Å². The van der Waals surface area contributed by atoms with E-state index in [1.165, 1.54) is 40.1 Å². The highest BCUT2D eigenvalue weighted by atomic mass is 32.2. The average Bonchev–Trinajstić information content (AvgIpc) is 3.42. The van der Waals surface area contributed by atoms with Crippen molar-refractivity contribution in [1.29, 1.82) is 0 Å². The highest BCUT2D eigenvalue weighted by Crippen LogP contribution is 2.34. The number of ether oxygens (including phenoxy) is 1. The fraction of sp³-hybridized carbons (Fsp3) is 0.381. The topological polar surface area (TPSA) is 90.4 Å². The van der Waals surface area contributed by atoms with Crippen molar-refractivity contribution in [3.05, 3.63) is 51.4 Å². The van der Waals surface area contributed by atoms with Crippen LogP contribution in [-0.2, 0) is 5.75 Å². The number of hydrogen-bond acceptors (Lipinski definition) is 9. The van der Waals surface area contributed by atoms with Gasteiger partial charge in [-0.15, -0.1) is 10.2 Å². The van der Waals surface area contributed by atoms with E-state index < -0.39 is 0 Å². The molecular formula is C21H23N7O2S2. The third-order valence-electron chi connectivity index (χ3n) is 5.32. The zero-order chi connectivity index (χ0) is 22.1. The molecule has 0 saturated carbocycles. The number of para-hydroxylation sites is 2. The number of aryl methyl sites for hydroxylation is 1. The number of aromatic nitrogens is 6. The Kier molecular flexibility index (Phi) is 5.83. The maximum Gasteiger partial charge on any atom is 0.275 e. The summed E-state index contributed by atoms with van der Waals surface area (Å²) >= 11 is 2.95. The Morgan fingerprint density at radius 3 is 2.78 bits per heavy atom. The van der Waals surface area contributed by atoms with Crippen LogP contribution in [-0.4, -0.2) is 49.6 Å². The molecular weight excluding hydrogens is 446 g/mol. The number of piperidine rings is 1. The lowest BCUT2D eigenvalue weighted by Gasteiger charge is -2.28. The number of rotatable bonds is 6. The zero-order valence-electron chi connectivity index (χ0n) is 17.9. The third kappa shape index (κ3) is 3.97. The molecule has 1 aliphatic heterocycles. The van der Waals surface area contributed by atoms with Gasteiger partial charge < -0.3 is 9.64 Å². The minimum Gasteiger partial charge on any atom is -0.495 e. The van der Waals surface area contributed by atoms with Gasteiger partial charge in [0.25, 0.3) is 5.56 Å². The van der Waals surface area contributed by atoms with Crippen molar-refractivity contribution in [1.82, 2.24) is 29.4 Å². The molecule has 3 aromatic heterocycles. The molecule has 0 bridgehead atoms.